The summed E-state index contributed by atoms with van der Waals surface area (Å²) in [6.07, 6.45) is 1.68. The van der Waals surface area contributed by atoms with Crippen LogP contribution in [0.4, 0.5) is 4.39 Å². The summed E-state index contributed by atoms with van der Waals surface area (Å²) in [6, 6.07) is 8.18. The molecule has 1 aromatic heterocycles. The van der Waals surface area contributed by atoms with Gasteiger partial charge in [-0.2, -0.15) is 15.1 Å². The lowest BCUT2D eigenvalue weighted by atomic mass is 10.1. The molecule has 2 aliphatic rings. The second kappa shape index (κ2) is 7.11. The first kappa shape index (κ1) is 19.3. The number of aromatic nitrogens is 1. The first-order chi connectivity index (χ1) is 13.8. The van der Waals surface area contributed by atoms with E-state index in [4.69, 9.17) is 5.41 Å². The number of carbonyl (C=O) groups excluding carboxylic acids is 1. The summed E-state index contributed by atoms with van der Waals surface area (Å²) in [6.45, 7) is 7.89. The predicted octanol–water partition coefficient (Wildman–Crippen LogP) is 4.51. The van der Waals surface area contributed by atoms with Gasteiger partial charge in [-0.3, -0.25) is 10.2 Å². The number of hydrogen-bond acceptors (Lipinski definition) is 4. The Morgan fingerprint density at radius 1 is 1.21 bits per heavy atom. The van der Waals surface area contributed by atoms with Crippen LogP contribution in [0, 0.1) is 31.0 Å². The standard InChI is InChI=1S/C21H20FN5OS/c1-11(2)20-25-27-18(23)17(19(28)24-21(27)29-20)10-14-9-12(3)26(13(14)4)16-7-5-15(22)6-8-16/h5-11,23H,1-4H3/b17-10+,23-18?. The number of halogens is 1. The van der Waals surface area contributed by atoms with Crippen molar-refractivity contribution in [1.82, 2.24) is 9.58 Å². The molecule has 2 aliphatic heterocycles. The lowest BCUT2D eigenvalue weighted by Gasteiger charge is -2.20. The molecule has 0 atom stereocenters. The Morgan fingerprint density at radius 3 is 2.55 bits per heavy atom. The molecular weight excluding hydrogens is 389 g/mol. The SMILES string of the molecule is Cc1cc(/C=C2\C(=N)N3N=C(C(C)C)SC3=NC2=O)c(C)n1-c1ccc(F)cc1. The van der Waals surface area contributed by atoms with E-state index >= 15 is 0 Å². The monoisotopic (exact) mass is 409 g/mol. The Bertz CT molecular complexity index is 1120. The van der Waals surface area contributed by atoms with Crippen LogP contribution in [0.15, 0.2) is 46.0 Å². The maximum Gasteiger partial charge on any atom is 0.283 e. The summed E-state index contributed by atoms with van der Waals surface area (Å²) in [4.78, 5) is 16.7. The average Bonchev–Trinajstić information content (AvgIpc) is 3.21. The van der Waals surface area contributed by atoms with Crippen molar-refractivity contribution >= 4 is 39.8 Å². The van der Waals surface area contributed by atoms with Crippen LogP contribution in [0.3, 0.4) is 0 Å². The zero-order valence-electron chi connectivity index (χ0n) is 16.5. The number of fused-ring (bicyclic) bond motifs is 1. The summed E-state index contributed by atoms with van der Waals surface area (Å²) >= 11 is 1.33. The van der Waals surface area contributed by atoms with E-state index in [1.165, 1.54) is 28.9 Å². The average molecular weight is 409 g/mol. The first-order valence-electron chi connectivity index (χ1n) is 9.21. The number of thioether (sulfide) groups is 1. The van der Waals surface area contributed by atoms with Gasteiger partial charge in [-0.05, 0) is 67.6 Å². The van der Waals surface area contributed by atoms with E-state index in [1.807, 2.05) is 38.3 Å². The molecule has 6 nitrogen and oxygen atoms in total. The van der Waals surface area contributed by atoms with Gasteiger partial charge in [0, 0.05) is 23.0 Å². The minimum atomic E-state index is -0.444. The number of aliphatic imine (C=N–C) groups is 1. The second-order valence-corrected chi connectivity index (χ2v) is 8.24. The molecule has 0 saturated carbocycles. The van der Waals surface area contributed by atoms with Crippen LogP contribution in [0.2, 0.25) is 0 Å². The van der Waals surface area contributed by atoms with Crippen molar-refractivity contribution in [2.24, 2.45) is 16.0 Å². The van der Waals surface area contributed by atoms with E-state index in [9.17, 15) is 9.18 Å². The molecule has 3 heterocycles. The molecule has 0 bridgehead atoms. The second-order valence-electron chi connectivity index (χ2n) is 7.25. The number of rotatable bonds is 3. The number of amides is 1. The quantitative estimate of drug-likeness (QED) is 0.758. The van der Waals surface area contributed by atoms with Crippen molar-refractivity contribution in [2.45, 2.75) is 27.7 Å². The maximum atomic E-state index is 13.3. The Hall–Kier alpha value is -3.00. The number of benzene rings is 1. The third-order valence-electron chi connectivity index (χ3n) is 4.82. The summed E-state index contributed by atoms with van der Waals surface area (Å²) in [7, 11) is 0. The number of hydrazone groups is 1. The van der Waals surface area contributed by atoms with Gasteiger partial charge in [0.15, 0.2) is 5.84 Å². The summed E-state index contributed by atoms with van der Waals surface area (Å²) in [5.41, 5.74) is 3.66. The van der Waals surface area contributed by atoms with Gasteiger partial charge in [0.05, 0.1) is 5.57 Å². The van der Waals surface area contributed by atoms with Crippen molar-refractivity contribution in [3.05, 3.63) is 58.7 Å². The van der Waals surface area contributed by atoms with E-state index in [-0.39, 0.29) is 23.1 Å². The van der Waals surface area contributed by atoms with Crippen molar-refractivity contribution < 1.29 is 9.18 Å². The molecule has 0 spiro atoms. The number of amidine groups is 2. The third-order valence-corrected chi connectivity index (χ3v) is 6.03. The fourth-order valence-corrected chi connectivity index (χ4v) is 4.21. The summed E-state index contributed by atoms with van der Waals surface area (Å²) in [5.74, 6) is -0.521. The molecule has 8 heteroatoms. The molecule has 1 amide bonds. The smallest absolute Gasteiger partial charge is 0.283 e. The van der Waals surface area contributed by atoms with Gasteiger partial charge < -0.3 is 4.57 Å². The van der Waals surface area contributed by atoms with Gasteiger partial charge in [-0.1, -0.05) is 13.8 Å². The van der Waals surface area contributed by atoms with Crippen LogP contribution in [-0.2, 0) is 4.79 Å². The molecule has 4 rings (SSSR count). The molecule has 1 N–H and O–H groups in total. The van der Waals surface area contributed by atoms with Gasteiger partial charge in [0.2, 0.25) is 5.17 Å². The van der Waals surface area contributed by atoms with E-state index in [0.29, 0.717) is 5.17 Å². The van der Waals surface area contributed by atoms with Gasteiger partial charge in [-0.25, -0.2) is 4.39 Å². The predicted molar refractivity (Wildman–Crippen MR) is 115 cm³/mol. The molecule has 1 aromatic carbocycles. The lowest BCUT2D eigenvalue weighted by molar-refractivity contribution is -0.114. The molecule has 0 aliphatic carbocycles. The molecule has 0 unspecified atom stereocenters. The van der Waals surface area contributed by atoms with Crippen LogP contribution < -0.4 is 0 Å². The third kappa shape index (κ3) is 3.33. The van der Waals surface area contributed by atoms with E-state index in [0.717, 1.165) is 27.7 Å². The van der Waals surface area contributed by atoms with E-state index in [1.54, 1.807) is 18.2 Å². The zero-order chi connectivity index (χ0) is 20.9. The Balaban J connectivity index is 1.74. The van der Waals surface area contributed by atoms with E-state index < -0.39 is 5.91 Å². The Kier molecular flexibility index (Phi) is 4.74. The number of hydrogen-bond donors (Lipinski definition) is 1. The number of nitrogens with one attached hydrogen (secondary N) is 1. The number of aryl methyl sites for hydroxylation is 1. The van der Waals surface area contributed by atoms with Gasteiger partial charge in [0.1, 0.15) is 10.9 Å². The Labute approximate surface area is 172 Å². The van der Waals surface area contributed by atoms with Crippen LogP contribution in [0.25, 0.3) is 11.8 Å². The summed E-state index contributed by atoms with van der Waals surface area (Å²) in [5, 5.41) is 15.6. The van der Waals surface area contributed by atoms with Crippen LogP contribution in [0.1, 0.15) is 30.8 Å². The fourth-order valence-electron chi connectivity index (χ4n) is 3.32. The lowest BCUT2D eigenvalue weighted by Crippen LogP contribution is -2.35. The van der Waals surface area contributed by atoms with Crippen LogP contribution >= 0.6 is 11.8 Å². The minimum absolute atomic E-state index is 0.0229. The van der Waals surface area contributed by atoms with Crippen molar-refractivity contribution in [3.8, 4) is 5.69 Å². The van der Waals surface area contributed by atoms with Crippen LogP contribution in [-0.4, -0.2) is 31.5 Å². The highest BCUT2D eigenvalue weighted by Crippen LogP contribution is 2.31. The van der Waals surface area contributed by atoms with Crippen molar-refractivity contribution in [2.75, 3.05) is 0 Å². The largest absolute Gasteiger partial charge is 0.318 e. The minimum Gasteiger partial charge on any atom is -0.318 e. The topological polar surface area (TPSA) is 73.8 Å². The number of carbonyl (C=O) groups is 1. The molecule has 29 heavy (non-hydrogen) atoms. The normalized spacial score (nSPS) is 17.9. The van der Waals surface area contributed by atoms with Gasteiger partial charge in [-0.15, -0.1) is 0 Å². The Morgan fingerprint density at radius 2 is 1.90 bits per heavy atom. The number of nitrogens with zero attached hydrogens (tertiary/aromatic N) is 4. The molecule has 2 aromatic rings. The highest BCUT2D eigenvalue weighted by atomic mass is 32.2. The van der Waals surface area contributed by atoms with Crippen LogP contribution in [0.5, 0.6) is 0 Å². The molecule has 0 radical (unpaired) electrons. The van der Waals surface area contributed by atoms with Crippen molar-refractivity contribution in [1.29, 1.82) is 5.41 Å². The highest BCUT2D eigenvalue weighted by molar-refractivity contribution is 8.27. The van der Waals surface area contributed by atoms with Gasteiger partial charge >= 0.3 is 0 Å². The molecule has 0 fully saturated rings. The van der Waals surface area contributed by atoms with E-state index in [2.05, 4.69) is 10.1 Å². The highest BCUT2D eigenvalue weighted by Gasteiger charge is 2.36. The molecular formula is C21H20FN5OS. The summed E-state index contributed by atoms with van der Waals surface area (Å²) < 4.78 is 15.3. The van der Waals surface area contributed by atoms with Crippen molar-refractivity contribution in [3.63, 3.8) is 0 Å². The fraction of sp³-hybridized carbons (Fsp3) is 0.238. The molecule has 0 saturated heterocycles. The first-order valence-corrected chi connectivity index (χ1v) is 10.0. The maximum absolute atomic E-state index is 13.3. The molecule has 148 valence electrons. The zero-order valence-corrected chi connectivity index (χ0v) is 17.3. The van der Waals surface area contributed by atoms with Gasteiger partial charge in [0.25, 0.3) is 5.91 Å².